The van der Waals surface area contributed by atoms with Crippen molar-refractivity contribution in [2.24, 2.45) is 0 Å². The number of carbonyl (C=O) groups is 1. The van der Waals surface area contributed by atoms with E-state index in [-0.39, 0.29) is 5.91 Å². The van der Waals surface area contributed by atoms with Crippen LogP contribution in [0.4, 0.5) is 5.82 Å². The third-order valence-corrected chi connectivity index (χ3v) is 4.01. The molecule has 0 fully saturated rings. The first-order valence-corrected chi connectivity index (χ1v) is 7.29. The van der Waals surface area contributed by atoms with E-state index >= 15 is 0 Å². The van der Waals surface area contributed by atoms with E-state index in [1.54, 1.807) is 18.3 Å². The van der Waals surface area contributed by atoms with Crippen molar-refractivity contribution in [1.29, 1.82) is 0 Å². The predicted molar refractivity (Wildman–Crippen MR) is 80.6 cm³/mol. The van der Waals surface area contributed by atoms with Crippen molar-refractivity contribution < 1.29 is 4.79 Å². The van der Waals surface area contributed by atoms with Gasteiger partial charge in [0, 0.05) is 22.8 Å². The average molecular weight is 290 g/mol. The molecule has 2 aromatic rings. The zero-order valence-electron chi connectivity index (χ0n) is 11.8. The molecule has 3 N–H and O–H groups in total. The zero-order chi connectivity index (χ0) is 14.8. The maximum absolute atomic E-state index is 12.4. The topological polar surface area (TPSA) is 80.9 Å². The lowest BCUT2D eigenvalue weighted by Gasteiger charge is -2.24. The summed E-state index contributed by atoms with van der Waals surface area (Å²) in [5, 5.41) is 5.74. The molecule has 0 saturated heterocycles. The van der Waals surface area contributed by atoms with Gasteiger partial charge in [-0.3, -0.25) is 4.79 Å². The Balaban J connectivity index is 2.22. The summed E-state index contributed by atoms with van der Waals surface area (Å²) in [5.41, 5.74) is 6.55. The lowest BCUT2D eigenvalue weighted by Crippen LogP contribution is -2.41. The van der Waals surface area contributed by atoms with Crippen LogP contribution in [0.5, 0.6) is 0 Å². The highest BCUT2D eigenvalue weighted by atomic mass is 32.1. The summed E-state index contributed by atoms with van der Waals surface area (Å²) < 4.78 is 0. The van der Waals surface area contributed by atoms with Crippen molar-refractivity contribution in [3.05, 3.63) is 40.0 Å². The summed E-state index contributed by atoms with van der Waals surface area (Å²) in [6.07, 6.45) is 2.47. The molecule has 0 atom stereocenters. The first-order chi connectivity index (χ1) is 9.42. The molecule has 0 saturated carbocycles. The summed E-state index contributed by atoms with van der Waals surface area (Å²) in [4.78, 5) is 20.8. The monoisotopic (exact) mass is 290 g/mol. The predicted octanol–water partition coefficient (Wildman–Crippen LogP) is 2.35. The minimum absolute atomic E-state index is 0.172. The molecule has 0 aliphatic rings. The number of pyridine rings is 1. The molecule has 5 nitrogen and oxygen atoms in total. The molecule has 2 aromatic heterocycles. The molecule has 0 bridgehead atoms. The van der Waals surface area contributed by atoms with Crippen molar-refractivity contribution in [3.63, 3.8) is 0 Å². The number of amides is 1. The maximum atomic E-state index is 12.4. The van der Waals surface area contributed by atoms with Crippen LogP contribution in [0.25, 0.3) is 0 Å². The highest BCUT2D eigenvalue weighted by Gasteiger charge is 2.26. The molecule has 6 heteroatoms. The molecule has 0 unspecified atom stereocenters. The number of anilines is 1. The van der Waals surface area contributed by atoms with E-state index in [9.17, 15) is 4.79 Å². The second-order valence-electron chi connectivity index (χ2n) is 5.04. The Morgan fingerprint density at radius 3 is 2.80 bits per heavy atom. The van der Waals surface area contributed by atoms with E-state index in [1.165, 1.54) is 11.3 Å². The van der Waals surface area contributed by atoms with Crippen molar-refractivity contribution in [3.8, 4) is 0 Å². The molecule has 2 rings (SSSR count). The van der Waals surface area contributed by atoms with E-state index in [1.807, 2.05) is 26.2 Å². The third kappa shape index (κ3) is 3.14. The Kier molecular flexibility index (Phi) is 4.04. The van der Waals surface area contributed by atoms with Gasteiger partial charge in [-0.05, 0) is 32.4 Å². The van der Waals surface area contributed by atoms with Crippen molar-refractivity contribution in [1.82, 2.24) is 15.3 Å². The van der Waals surface area contributed by atoms with Gasteiger partial charge in [-0.25, -0.2) is 9.97 Å². The number of thiazole rings is 1. The molecule has 0 aromatic carbocycles. The van der Waals surface area contributed by atoms with E-state index in [2.05, 4.69) is 15.3 Å². The normalized spacial score (nSPS) is 11.3. The highest BCUT2D eigenvalue weighted by Crippen LogP contribution is 2.22. The minimum Gasteiger partial charge on any atom is -0.384 e. The Morgan fingerprint density at radius 2 is 2.20 bits per heavy atom. The molecule has 0 aliphatic carbocycles. The molecular formula is C14H18N4OS. The third-order valence-electron chi connectivity index (χ3n) is 2.92. The lowest BCUT2D eigenvalue weighted by molar-refractivity contribution is 0.0911. The number of rotatable bonds is 4. The van der Waals surface area contributed by atoms with Gasteiger partial charge >= 0.3 is 0 Å². The highest BCUT2D eigenvalue weighted by molar-refractivity contribution is 7.09. The Morgan fingerprint density at radius 1 is 1.45 bits per heavy atom. The van der Waals surface area contributed by atoms with E-state index < -0.39 is 5.54 Å². The smallest absolute Gasteiger partial charge is 0.252 e. The molecule has 0 spiro atoms. The number of aryl methyl sites for hydroxylation is 1. The number of nitrogens with two attached hydrogens (primary N) is 1. The molecule has 0 radical (unpaired) electrons. The minimum atomic E-state index is -0.518. The average Bonchev–Trinajstić information content (AvgIpc) is 2.92. The fourth-order valence-electron chi connectivity index (χ4n) is 1.86. The van der Waals surface area contributed by atoms with Crippen molar-refractivity contribution >= 4 is 23.1 Å². The van der Waals surface area contributed by atoms with Gasteiger partial charge in [-0.2, -0.15) is 0 Å². The Hall–Kier alpha value is -1.95. The first kappa shape index (κ1) is 14.5. The molecular weight excluding hydrogens is 272 g/mol. The first-order valence-electron chi connectivity index (χ1n) is 6.41. The van der Waals surface area contributed by atoms with Crippen LogP contribution in [0.3, 0.4) is 0 Å². The van der Waals surface area contributed by atoms with Gasteiger partial charge in [0.15, 0.2) is 0 Å². The Bertz CT molecular complexity index is 608. The SMILES string of the molecule is CCc1cc(C(=O)NC(C)(C)c2nccs2)cc(N)n1. The van der Waals surface area contributed by atoms with Crippen LogP contribution in [0.2, 0.25) is 0 Å². The van der Waals surface area contributed by atoms with E-state index in [0.717, 1.165) is 17.1 Å². The maximum Gasteiger partial charge on any atom is 0.252 e. The fourth-order valence-corrected chi connectivity index (χ4v) is 2.58. The van der Waals surface area contributed by atoms with E-state index in [4.69, 9.17) is 5.73 Å². The molecule has 106 valence electrons. The van der Waals surface area contributed by atoms with Crippen LogP contribution in [-0.4, -0.2) is 15.9 Å². The van der Waals surface area contributed by atoms with Crippen LogP contribution in [0.1, 0.15) is 41.8 Å². The second kappa shape index (κ2) is 5.58. The summed E-state index contributed by atoms with van der Waals surface area (Å²) in [6.45, 7) is 5.83. The van der Waals surface area contributed by atoms with Crippen molar-refractivity contribution in [2.45, 2.75) is 32.7 Å². The number of nitrogen functional groups attached to an aromatic ring is 1. The summed E-state index contributed by atoms with van der Waals surface area (Å²) >= 11 is 1.51. The lowest BCUT2D eigenvalue weighted by atomic mass is 10.1. The summed E-state index contributed by atoms with van der Waals surface area (Å²) in [6, 6.07) is 3.36. The number of carbonyl (C=O) groups excluding carboxylic acids is 1. The van der Waals surface area contributed by atoms with Gasteiger partial charge in [-0.15, -0.1) is 11.3 Å². The number of nitrogens with one attached hydrogen (secondary N) is 1. The summed E-state index contributed by atoms with van der Waals surface area (Å²) in [7, 11) is 0. The number of hydrogen-bond donors (Lipinski definition) is 2. The second-order valence-corrected chi connectivity index (χ2v) is 5.94. The van der Waals surface area contributed by atoms with Crippen LogP contribution in [-0.2, 0) is 12.0 Å². The molecule has 2 heterocycles. The van der Waals surface area contributed by atoms with Crippen LogP contribution in [0, 0.1) is 0 Å². The Labute approximate surface area is 122 Å². The van der Waals surface area contributed by atoms with Gasteiger partial charge in [-0.1, -0.05) is 6.92 Å². The van der Waals surface area contributed by atoms with Crippen LogP contribution < -0.4 is 11.1 Å². The number of aromatic nitrogens is 2. The summed E-state index contributed by atoms with van der Waals surface area (Å²) in [5.74, 6) is 0.190. The van der Waals surface area contributed by atoms with Crippen LogP contribution in [0.15, 0.2) is 23.7 Å². The van der Waals surface area contributed by atoms with Crippen molar-refractivity contribution in [2.75, 3.05) is 5.73 Å². The van der Waals surface area contributed by atoms with Crippen LogP contribution >= 0.6 is 11.3 Å². The van der Waals surface area contributed by atoms with Gasteiger partial charge in [0.1, 0.15) is 10.8 Å². The number of nitrogens with zero attached hydrogens (tertiary/aromatic N) is 2. The van der Waals surface area contributed by atoms with Gasteiger partial charge < -0.3 is 11.1 Å². The largest absolute Gasteiger partial charge is 0.384 e. The zero-order valence-corrected chi connectivity index (χ0v) is 12.6. The molecule has 20 heavy (non-hydrogen) atoms. The van der Waals surface area contributed by atoms with Gasteiger partial charge in [0.2, 0.25) is 0 Å². The standard InChI is InChI=1S/C14H18N4OS/c1-4-10-7-9(8-11(15)17-10)12(19)18-14(2,3)13-16-5-6-20-13/h5-8H,4H2,1-3H3,(H2,15,17)(H,18,19). The quantitative estimate of drug-likeness (QED) is 0.905. The number of hydrogen-bond acceptors (Lipinski definition) is 5. The molecule has 1 amide bonds. The fraction of sp³-hybridized carbons (Fsp3) is 0.357. The van der Waals surface area contributed by atoms with E-state index in [0.29, 0.717) is 11.4 Å². The molecule has 0 aliphatic heterocycles. The van der Waals surface area contributed by atoms with Gasteiger partial charge in [0.25, 0.3) is 5.91 Å². The van der Waals surface area contributed by atoms with Gasteiger partial charge in [0.05, 0.1) is 5.54 Å².